The van der Waals surface area contributed by atoms with Crippen LogP contribution in [-0.4, -0.2) is 34.5 Å². The Morgan fingerprint density at radius 2 is 1.72 bits per heavy atom. The minimum Gasteiger partial charge on any atom is -0.484 e. The molecule has 0 spiro atoms. The summed E-state index contributed by atoms with van der Waals surface area (Å²) >= 11 is 0. The van der Waals surface area contributed by atoms with Gasteiger partial charge in [-0.05, 0) is 42.8 Å². The highest BCUT2D eigenvalue weighted by Crippen LogP contribution is 2.17. The van der Waals surface area contributed by atoms with Crippen molar-refractivity contribution in [3.8, 4) is 5.75 Å². The maximum atomic E-state index is 12.2. The smallest absolute Gasteiger partial charge is 0.264 e. The van der Waals surface area contributed by atoms with Gasteiger partial charge in [0.05, 0.1) is 4.90 Å². The van der Waals surface area contributed by atoms with Crippen molar-refractivity contribution in [2.24, 2.45) is 0 Å². The molecule has 7 heteroatoms. The first-order chi connectivity index (χ1) is 11.9. The van der Waals surface area contributed by atoms with Crippen LogP contribution in [0.15, 0.2) is 59.5 Å². The van der Waals surface area contributed by atoms with E-state index in [-0.39, 0.29) is 17.4 Å². The van der Waals surface area contributed by atoms with Gasteiger partial charge in [-0.2, -0.15) is 0 Å². The molecule has 0 fully saturated rings. The molecule has 134 valence electrons. The summed E-state index contributed by atoms with van der Waals surface area (Å²) in [5.74, 6) is 0.233. The number of benzene rings is 2. The molecule has 1 amide bonds. The predicted molar refractivity (Wildman–Crippen MR) is 97.3 cm³/mol. The number of hydrogen-bond acceptors (Lipinski definition) is 4. The van der Waals surface area contributed by atoms with E-state index in [0.29, 0.717) is 12.3 Å². The van der Waals surface area contributed by atoms with Crippen LogP contribution >= 0.6 is 0 Å². The average molecular weight is 362 g/mol. The van der Waals surface area contributed by atoms with E-state index in [1.165, 1.54) is 29.2 Å². The summed E-state index contributed by atoms with van der Waals surface area (Å²) in [5, 5.41) is 0. The summed E-state index contributed by atoms with van der Waals surface area (Å²) in [7, 11) is -1.82. The van der Waals surface area contributed by atoms with Gasteiger partial charge in [0.1, 0.15) is 5.75 Å². The van der Waals surface area contributed by atoms with Crippen molar-refractivity contribution >= 4 is 21.6 Å². The zero-order valence-electron chi connectivity index (χ0n) is 14.3. The van der Waals surface area contributed by atoms with Crippen LogP contribution in [0.4, 0.5) is 5.69 Å². The van der Waals surface area contributed by atoms with Gasteiger partial charge in [-0.15, -0.1) is 0 Å². The molecule has 2 aromatic rings. The Bertz CT molecular complexity index is 790. The molecule has 0 aliphatic heterocycles. The van der Waals surface area contributed by atoms with Crippen molar-refractivity contribution in [1.82, 2.24) is 4.72 Å². The van der Waals surface area contributed by atoms with Gasteiger partial charge in [0.15, 0.2) is 6.61 Å². The SMILES string of the molecule is CCCNS(=O)(=O)c1ccc(OCC(=O)N(C)c2ccccc2)cc1. The maximum Gasteiger partial charge on any atom is 0.264 e. The number of rotatable bonds is 8. The fraction of sp³-hybridized carbons (Fsp3) is 0.278. The van der Waals surface area contributed by atoms with Crippen LogP contribution in [0.5, 0.6) is 5.75 Å². The van der Waals surface area contributed by atoms with Crippen LogP contribution in [-0.2, 0) is 14.8 Å². The van der Waals surface area contributed by atoms with Gasteiger partial charge in [-0.1, -0.05) is 25.1 Å². The summed E-state index contributed by atoms with van der Waals surface area (Å²) in [6, 6.07) is 15.2. The van der Waals surface area contributed by atoms with Crippen LogP contribution in [0.1, 0.15) is 13.3 Å². The van der Waals surface area contributed by atoms with Crippen LogP contribution in [0.3, 0.4) is 0 Å². The lowest BCUT2D eigenvalue weighted by molar-refractivity contribution is -0.120. The number of carbonyl (C=O) groups excluding carboxylic acids is 1. The van der Waals surface area contributed by atoms with E-state index < -0.39 is 10.0 Å². The lowest BCUT2D eigenvalue weighted by atomic mass is 10.3. The fourth-order valence-corrected chi connectivity index (χ4v) is 3.21. The molecule has 0 radical (unpaired) electrons. The molecule has 25 heavy (non-hydrogen) atoms. The average Bonchev–Trinajstić information content (AvgIpc) is 2.65. The van der Waals surface area contributed by atoms with Gasteiger partial charge in [0.25, 0.3) is 5.91 Å². The molecule has 0 unspecified atom stereocenters. The third kappa shape index (κ3) is 5.30. The fourth-order valence-electron chi connectivity index (χ4n) is 2.07. The van der Waals surface area contributed by atoms with Gasteiger partial charge >= 0.3 is 0 Å². The molecule has 0 heterocycles. The van der Waals surface area contributed by atoms with E-state index >= 15 is 0 Å². The quantitative estimate of drug-likeness (QED) is 0.782. The third-order valence-electron chi connectivity index (χ3n) is 3.56. The molecule has 1 N–H and O–H groups in total. The number of nitrogens with one attached hydrogen (secondary N) is 1. The van der Waals surface area contributed by atoms with Gasteiger partial charge in [0, 0.05) is 19.3 Å². The molecule has 0 atom stereocenters. The van der Waals surface area contributed by atoms with Gasteiger partial charge in [0.2, 0.25) is 10.0 Å². The Hall–Kier alpha value is -2.38. The van der Waals surface area contributed by atoms with Crippen molar-refractivity contribution in [2.75, 3.05) is 25.1 Å². The molecule has 0 aromatic heterocycles. The highest BCUT2D eigenvalue weighted by Gasteiger charge is 2.14. The minimum absolute atomic E-state index is 0.133. The molecule has 0 bridgehead atoms. The lowest BCUT2D eigenvalue weighted by Crippen LogP contribution is -2.31. The van der Waals surface area contributed by atoms with E-state index in [4.69, 9.17) is 4.74 Å². The predicted octanol–water partition coefficient (Wildman–Crippen LogP) is 2.42. The Labute approximate surface area is 148 Å². The number of amides is 1. The topological polar surface area (TPSA) is 75.7 Å². The maximum absolute atomic E-state index is 12.2. The van der Waals surface area contributed by atoms with Crippen LogP contribution in [0.2, 0.25) is 0 Å². The number of sulfonamides is 1. The Morgan fingerprint density at radius 1 is 1.08 bits per heavy atom. The zero-order valence-corrected chi connectivity index (χ0v) is 15.1. The number of para-hydroxylation sites is 1. The van der Waals surface area contributed by atoms with Crippen molar-refractivity contribution in [2.45, 2.75) is 18.2 Å². The highest BCUT2D eigenvalue weighted by molar-refractivity contribution is 7.89. The Kier molecular flexibility index (Phi) is 6.55. The number of ether oxygens (including phenoxy) is 1. The lowest BCUT2D eigenvalue weighted by Gasteiger charge is -2.17. The standard InChI is InChI=1S/C18H22N2O4S/c1-3-13-19-25(22,23)17-11-9-16(10-12-17)24-14-18(21)20(2)15-7-5-4-6-8-15/h4-12,19H,3,13-14H2,1-2H3. The summed E-state index contributed by atoms with van der Waals surface area (Å²) in [5.41, 5.74) is 0.777. The number of likely N-dealkylation sites (N-methyl/N-ethyl adjacent to an activating group) is 1. The monoisotopic (exact) mass is 362 g/mol. The molecule has 0 saturated heterocycles. The third-order valence-corrected chi connectivity index (χ3v) is 5.03. The normalized spacial score (nSPS) is 11.1. The first-order valence-corrected chi connectivity index (χ1v) is 9.46. The van der Waals surface area contributed by atoms with E-state index in [1.807, 2.05) is 37.3 Å². The molecule has 2 rings (SSSR count). The van der Waals surface area contributed by atoms with Gasteiger partial charge < -0.3 is 9.64 Å². The Morgan fingerprint density at radius 3 is 2.32 bits per heavy atom. The van der Waals surface area contributed by atoms with E-state index in [2.05, 4.69) is 4.72 Å². The van der Waals surface area contributed by atoms with Crippen molar-refractivity contribution in [1.29, 1.82) is 0 Å². The number of nitrogens with zero attached hydrogens (tertiary/aromatic N) is 1. The minimum atomic E-state index is -3.50. The van der Waals surface area contributed by atoms with E-state index in [0.717, 1.165) is 12.1 Å². The van der Waals surface area contributed by atoms with Crippen molar-refractivity contribution in [3.63, 3.8) is 0 Å². The van der Waals surface area contributed by atoms with Crippen LogP contribution < -0.4 is 14.4 Å². The molecule has 6 nitrogen and oxygen atoms in total. The molecule has 0 aliphatic carbocycles. The summed E-state index contributed by atoms with van der Waals surface area (Å²) in [6.07, 6.45) is 0.720. The zero-order chi connectivity index (χ0) is 18.3. The molecular weight excluding hydrogens is 340 g/mol. The Balaban J connectivity index is 1.94. The molecule has 2 aromatic carbocycles. The number of hydrogen-bond donors (Lipinski definition) is 1. The second-order valence-corrected chi connectivity index (χ2v) is 7.21. The van der Waals surface area contributed by atoms with E-state index in [1.54, 1.807) is 7.05 Å². The van der Waals surface area contributed by atoms with Gasteiger partial charge in [-0.25, -0.2) is 13.1 Å². The van der Waals surface area contributed by atoms with E-state index in [9.17, 15) is 13.2 Å². The summed E-state index contributed by atoms with van der Waals surface area (Å²) in [6.45, 7) is 2.15. The second-order valence-electron chi connectivity index (χ2n) is 5.45. The second kappa shape index (κ2) is 8.64. The largest absolute Gasteiger partial charge is 0.484 e. The van der Waals surface area contributed by atoms with Gasteiger partial charge in [-0.3, -0.25) is 4.79 Å². The first-order valence-electron chi connectivity index (χ1n) is 7.98. The van der Waals surface area contributed by atoms with Crippen LogP contribution in [0.25, 0.3) is 0 Å². The van der Waals surface area contributed by atoms with Crippen LogP contribution in [0, 0.1) is 0 Å². The molecule has 0 aliphatic rings. The highest BCUT2D eigenvalue weighted by atomic mass is 32.2. The first kappa shape index (κ1) is 19.0. The summed E-state index contributed by atoms with van der Waals surface area (Å²) < 4.78 is 32.0. The van der Waals surface area contributed by atoms with Crippen molar-refractivity contribution in [3.05, 3.63) is 54.6 Å². The summed E-state index contributed by atoms with van der Waals surface area (Å²) in [4.78, 5) is 13.8. The van der Waals surface area contributed by atoms with Crippen molar-refractivity contribution < 1.29 is 17.9 Å². The number of carbonyl (C=O) groups is 1. The molecule has 0 saturated carbocycles. The molecular formula is C18H22N2O4S. The number of anilines is 1.